The smallest absolute Gasteiger partial charge is 0.0208 e. The molecule has 4 bridgehead atoms. The molecule has 1 N–H and O–H groups in total. The third-order valence-electron chi connectivity index (χ3n) is 6.34. The van der Waals surface area contributed by atoms with Gasteiger partial charge in [-0.3, -0.25) is 0 Å². The molecule has 1 heteroatoms. The van der Waals surface area contributed by atoms with Gasteiger partial charge < -0.3 is 5.32 Å². The zero-order valence-electron chi connectivity index (χ0n) is 12.9. The van der Waals surface area contributed by atoms with Crippen LogP contribution in [0.2, 0.25) is 0 Å². The zero-order valence-corrected chi connectivity index (χ0v) is 12.9. The van der Waals surface area contributed by atoms with Gasteiger partial charge in [0.2, 0.25) is 0 Å². The fourth-order valence-corrected chi connectivity index (χ4v) is 5.41. The first-order valence-electron chi connectivity index (χ1n) is 8.48. The van der Waals surface area contributed by atoms with Crippen molar-refractivity contribution >= 4 is 0 Å². The van der Waals surface area contributed by atoms with Gasteiger partial charge in [-0.2, -0.15) is 0 Å². The Morgan fingerprint density at radius 1 is 0.900 bits per heavy atom. The Balaban J connectivity index is 1.43. The van der Waals surface area contributed by atoms with E-state index in [0.717, 1.165) is 36.3 Å². The monoisotopic (exact) mass is 269 g/mol. The van der Waals surface area contributed by atoms with Crippen LogP contribution in [-0.4, -0.2) is 6.04 Å². The van der Waals surface area contributed by atoms with E-state index in [2.05, 4.69) is 37.4 Å². The number of aryl methyl sites for hydroxylation is 2. The molecule has 1 aromatic rings. The van der Waals surface area contributed by atoms with Gasteiger partial charge in [0.05, 0.1) is 0 Å². The minimum atomic E-state index is 0.810. The molecule has 0 spiro atoms. The van der Waals surface area contributed by atoms with E-state index in [1.165, 1.54) is 42.4 Å². The Hall–Kier alpha value is -0.820. The van der Waals surface area contributed by atoms with Crippen LogP contribution in [-0.2, 0) is 6.54 Å². The molecule has 4 aliphatic carbocycles. The molecule has 1 nitrogen and oxygen atoms in total. The van der Waals surface area contributed by atoms with Crippen molar-refractivity contribution in [3.05, 3.63) is 34.9 Å². The molecule has 0 saturated heterocycles. The van der Waals surface area contributed by atoms with Crippen molar-refractivity contribution in [2.24, 2.45) is 23.7 Å². The summed E-state index contributed by atoms with van der Waals surface area (Å²) in [6, 6.07) is 7.73. The summed E-state index contributed by atoms with van der Waals surface area (Å²) in [7, 11) is 0. The highest BCUT2D eigenvalue weighted by Crippen LogP contribution is 2.53. The van der Waals surface area contributed by atoms with Gasteiger partial charge in [-0.1, -0.05) is 18.2 Å². The summed E-state index contributed by atoms with van der Waals surface area (Å²) < 4.78 is 0. The fourth-order valence-electron chi connectivity index (χ4n) is 5.41. The second-order valence-corrected chi connectivity index (χ2v) is 7.76. The molecule has 108 valence electrons. The summed E-state index contributed by atoms with van der Waals surface area (Å²) in [4.78, 5) is 0. The molecular formula is C19H27N. The first-order valence-corrected chi connectivity index (χ1v) is 8.48. The first kappa shape index (κ1) is 12.9. The lowest BCUT2D eigenvalue weighted by atomic mass is 9.54. The van der Waals surface area contributed by atoms with E-state index in [-0.39, 0.29) is 0 Å². The van der Waals surface area contributed by atoms with Crippen molar-refractivity contribution in [1.82, 2.24) is 5.32 Å². The quantitative estimate of drug-likeness (QED) is 0.866. The molecular weight excluding hydrogens is 242 g/mol. The lowest BCUT2D eigenvalue weighted by Crippen LogP contribution is -2.54. The third kappa shape index (κ3) is 2.20. The second-order valence-electron chi connectivity index (χ2n) is 7.76. The normalized spacial score (nSPS) is 38.4. The molecule has 4 saturated carbocycles. The second kappa shape index (κ2) is 4.87. The van der Waals surface area contributed by atoms with Crippen LogP contribution in [0.4, 0.5) is 0 Å². The highest BCUT2D eigenvalue weighted by molar-refractivity contribution is 5.29. The SMILES string of the molecule is Cc1ccc(CNC2C3CC4CC(C3)CC2C4)cc1C. The molecule has 4 fully saturated rings. The average Bonchev–Trinajstić information content (AvgIpc) is 2.41. The molecule has 5 rings (SSSR count). The van der Waals surface area contributed by atoms with Crippen LogP contribution in [0, 0.1) is 37.5 Å². The number of benzene rings is 1. The Morgan fingerprint density at radius 2 is 1.55 bits per heavy atom. The molecule has 0 amide bonds. The Kier molecular flexibility index (Phi) is 3.14. The van der Waals surface area contributed by atoms with E-state index < -0.39 is 0 Å². The lowest BCUT2D eigenvalue weighted by Gasteiger charge is -2.54. The van der Waals surface area contributed by atoms with Gasteiger partial charge in [-0.05, 0) is 86.3 Å². The molecule has 0 atom stereocenters. The number of rotatable bonds is 3. The van der Waals surface area contributed by atoms with Crippen LogP contribution in [0.25, 0.3) is 0 Å². The van der Waals surface area contributed by atoms with Gasteiger partial charge in [0.15, 0.2) is 0 Å². The van der Waals surface area contributed by atoms with E-state index in [0.29, 0.717) is 0 Å². The first-order chi connectivity index (χ1) is 9.69. The molecule has 20 heavy (non-hydrogen) atoms. The predicted molar refractivity (Wildman–Crippen MR) is 83.6 cm³/mol. The van der Waals surface area contributed by atoms with Gasteiger partial charge in [0.25, 0.3) is 0 Å². The Labute approximate surface area is 123 Å². The summed E-state index contributed by atoms with van der Waals surface area (Å²) in [5, 5.41) is 3.93. The van der Waals surface area contributed by atoms with Crippen molar-refractivity contribution in [3.63, 3.8) is 0 Å². The molecule has 0 radical (unpaired) electrons. The van der Waals surface area contributed by atoms with Crippen LogP contribution in [0.15, 0.2) is 18.2 Å². The number of hydrogen-bond donors (Lipinski definition) is 1. The maximum Gasteiger partial charge on any atom is 0.0208 e. The van der Waals surface area contributed by atoms with Crippen LogP contribution in [0.5, 0.6) is 0 Å². The van der Waals surface area contributed by atoms with E-state index in [1.54, 1.807) is 6.42 Å². The van der Waals surface area contributed by atoms with Crippen LogP contribution < -0.4 is 5.32 Å². The standard InChI is InChI=1S/C19H27N/c1-12-3-4-14(5-13(12)2)11-20-19-17-7-15-6-16(9-17)10-18(19)8-15/h3-5,15-20H,6-11H2,1-2H3. The third-order valence-corrected chi connectivity index (χ3v) is 6.34. The van der Waals surface area contributed by atoms with E-state index in [9.17, 15) is 0 Å². The maximum atomic E-state index is 3.93. The fraction of sp³-hybridized carbons (Fsp3) is 0.684. The summed E-state index contributed by atoms with van der Waals surface area (Å²) >= 11 is 0. The van der Waals surface area contributed by atoms with Gasteiger partial charge in [-0.15, -0.1) is 0 Å². The van der Waals surface area contributed by atoms with E-state index in [1.807, 2.05) is 0 Å². The number of hydrogen-bond acceptors (Lipinski definition) is 1. The Bertz CT molecular complexity index is 476. The van der Waals surface area contributed by atoms with Crippen LogP contribution in [0.1, 0.15) is 48.8 Å². The van der Waals surface area contributed by atoms with Crippen LogP contribution in [0.3, 0.4) is 0 Å². The molecule has 0 unspecified atom stereocenters. The highest BCUT2D eigenvalue weighted by atomic mass is 14.9. The summed E-state index contributed by atoms with van der Waals surface area (Å²) in [6.07, 6.45) is 7.60. The van der Waals surface area contributed by atoms with Crippen molar-refractivity contribution in [1.29, 1.82) is 0 Å². The minimum absolute atomic E-state index is 0.810. The largest absolute Gasteiger partial charge is 0.309 e. The molecule has 1 aromatic carbocycles. The highest BCUT2D eigenvalue weighted by Gasteiger charge is 2.47. The molecule has 0 heterocycles. The minimum Gasteiger partial charge on any atom is -0.309 e. The van der Waals surface area contributed by atoms with Crippen molar-refractivity contribution in [2.45, 2.75) is 58.5 Å². The van der Waals surface area contributed by atoms with Crippen molar-refractivity contribution in [2.75, 3.05) is 0 Å². The van der Waals surface area contributed by atoms with Crippen LogP contribution >= 0.6 is 0 Å². The lowest BCUT2D eigenvalue weighted by molar-refractivity contribution is -0.0142. The Morgan fingerprint density at radius 3 is 2.15 bits per heavy atom. The van der Waals surface area contributed by atoms with E-state index in [4.69, 9.17) is 0 Å². The molecule has 0 aromatic heterocycles. The van der Waals surface area contributed by atoms with Crippen molar-refractivity contribution < 1.29 is 0 Å². The van der Waals surface area contributed by atoms with Gasteiger partial charge >= 0.3 is 0 Å². The molecule has 4 aliphatic rings. The summed E-state index contributed by atoms with van der Waals surface area (Å²) in [6.45, 7) is 5.49. The van der Waals surface area contributed by atoms with E-state index >= 15 is 0 Å². The van der Waals surface area contributed by atoms with Gasteiger partial charge in [0.1, 0.15) is 0 Å². The average molecular weight is 269 g/mol. The van der Waals surface area contributed by atoms with Crippen molar-refractivity contribution in [3.8, 4) is 0 Å². The summed E-state index contributed by atoms with van der Waals surface area (Å²) in [5.74, 6) is 4.13. The zero-order chi connectivity index (χ0) is 13.7. The summed E-state index contributed by atoms with van der Waals surface area (Å²) in [5.41, 5.74) is 4.29. The predicted octanol–water partition coefficient (Wildman–Crippen LogP) is 4.22. The van der Waals surface area contributed by atoms with Gasteiger partial charge in [-0.25, -0.2) is 0 Å². The van der Waals surface area contributed by atoms with Gasteiger partial charge in [0, 0.05) is 12.6 Å². The maximum absolute atomic E-state index is 3.93. The topological polar surface area (TPSA) is 12.0 Å². The number of nitrogens with one attached hydrogen (secondary N) is 1. The molecule has 0 aliphatic heterocycles.